The molecule has 1 N–H and O–H groups in total. The van der Waals surface area contributed by atoms with E-state index < -0.39 is 6.10 Å². The van der Waals surface area contributed by atoms with Crippen molar-refractivity contribution in [1.82, 2.24) is 9.78 Å². The van der Waals surface area contributed by atoms with E-state index in [0.717, 1.165) is 21.5 Å². The first-order valence-electron chi connectivity index (χ1n) is 9.03. The van der Waals surface area contributed by atoms with Crippen LogP contribution in [-0.2, 0) is 6.54 Å². The molecule has 2 aromatic heterocycles. The minimum atomic E-state index is -0.858. The molecule has 4 aromatic rings. The number of nitrogens with zero attached hydrogens (tertiary/aromatic N) is 2. The highest BCUT2D eigenvalue weighted by Gasteiger charge is 2.15. The van der Waals surface area contributed by atoms with Crippen molar-refractivity contribution in [3.05, 3.63) is 82.0 Å². The number of aliphatic hydroxyl groups excluding tert-OH is 1. The van der Waals surface area contributed by atoms with Gasteiger partial charge in [-0.2, -0.15) is 5.10 Å². The number of hydrogen-bond donors (Lipinski definition) is 1. The third-order valence-electron chi connectivity index (χ3n) is 4.44. The molecule has 0 spiro atoms. The summed E-state index contributed by atoms with van der Waals surface area (Å²) >= 11 is 1.57. The Morgan fingerprint density at radius 3 is 2.68 bits per heavy atom. The first-order valence-corrected chi connectivity index (χ1v) is 9.91. The second-order valence-corrected chi connectivity index (χ2v) is 7.59. The van der Waals surface area contributed by atoms with Gasteiger partial charge >= 0.3 is 0 Å². The van der Waals surface area contributed by atoms with Gasteiger partial charge in [-0.3, -0.25) is 4.79 Å². The van der Waals surface area contributed by atoms with Crippen molar-refractivity contribution in [2.45, 2.75) is 19.6 Å². The molecule has 2 aromatic carbocycles. The molecule has 0 radical (unpaired) electrons. The van der Waals surface area contributed by atoms with Gasteiger partial charge in [-0.05, 0) is 42.1 Å². The fourth-order valence-electron chi connectivity index (χ4n) is 3.10. The van der Waals surface area contributed by atoms with Gasteiger partial charge in [0.05, 0.1) is 16.8 Å². The van der Waals surface area contributed by atoms with Crippen molar-refractivity contribution in [2.75, 3.05) is 6.61 Å². The fourth-order valence-corrected chi connectivity index (χ4v) is 3.83. The fraction of sp³-hybridized carbons (Fsp3) is 0.182. The van der Waals surface area contributed by atoms with Gasteiger partial charge in [0.15, 0.2) is 0 Å². The number of rotatable bonds is 6. The second-order valence-electron chi connectivity index (χ2n) is 6.64. The zero-order valence-corrected chi connectivity index (χ0v) is 16.2. The van der Waals surface area contributed by atoms with Crippen LogP contribution in [0.2, 0.25) is 0 Å². The molecule has 5 nitrogen and oxygen atoms in total. The molecule has 1 atom stereocenters. The zero-order valence-electron chi connectivity index (χ0n) is 15.4. The second kappa shape index (κ2) is 7.96. The van der Waals surface area contributed by atoms with Crippen LogP contribution in [0.5, 0.6) is 5.75 Å². The molecule has 0 saturated heterocycles. The molecule has 142 valence electrons. The van der Waals surface area contributed by atoms with Crippen LogP contribution in [0.15, 0.2) is 70.8 Å². The minimum Gasteiger partial charge on any atom is -0.491 e. The number of aromatic nitrogens is 2. The van der Waals surface area contributed by atoms with Crippen LogP contribution in [0.25, 0.3) is 21.3 Å². The van der Waals surface area contributed by atoms with E-state index in [9.17, 15) is 9.90 Å². The summed E-state index contributed by atoms with van der Waals surface area (Å²) in [5, 5.41) is 18.4. The highest BCUT2D eigenvalue weighted by molar-refractivity contribution is 7.13. The van der Waals surface area contributed by atoms with Crippen molar-refractivity contribution in [3.63, 3.8) is 0 Å². The molecule has 0 aliphatic carbocycles. The summed E-state index contributed by atoms with van der Waals surface area (Å²) in [6, 6.07) is 19.0. The van der Waals surface area contributed by atoms with Crippen LogP contribution in [-0.4, -0.2) is 27.6 Å². The topological polar surface area (TPSA) is 64.3 Å². The van der Waals surface area contributed by atoms with Gasteiger partial charge < -0.3 is 9.84 Å². The van der Waals surface area contributed by atoms with E-state index in [4.69, 9.17) is 4.74 Å². The van der Waals surface area contributed by atoms with E-state index in [1.54, 1.807) is 17.4 Å². The lowest BCUT2D eigenvalue weighted by Crippen LogP contribution is -2.32. The molecule has 0 bridgehead atoms. The van der Waals surface area contributed by atoms with Gasteiger partial charge in [0.25, 0.3) is 5.56 Å². The maximum atomic E-state index is 12.9. The predicted molar refractivity (Wildman–Crippen MR) is 112 cm³/mol. The first kappa shape index (κ1) is 18.4. The van der Waals surface area contributed by atoms with Crippen LogP contribution < -0.4 is 10.3 Å². The Morgan fingerprint density at radius 2 is 1.93 bits per heavy atom. The first-order chi connectivity index (χ1) is 13.6. The smallest absolute Gasteiger partial charge is 0.274 e. The molecule has 6 heteroatoms. The Labute approximate surface area is 166 Å². The van der Waals surface area contributed by atoms with Gasteiger partial charge in [-0.1, -0.05) is 36.4 Å². The van der Waals surface area contributed by atoms with E-state index >= 15 is 0 Å². The van der Waals surface area contributed by atoms with Crippen LogP contribution >= 0.6 is 11.3 Å². The Balaban J connectivity index is 1.61. The minimum absolute atomic E-state index is 0.0634. The normalized spacial score (nSPS) is 12.2. The van der Waals surface area contributed by atoms with E-state index in [-0.39, 0.29) is 18.7 Å². The van der Waals surface area contributed by atoms with E-state index in [1.165, 1.54) is 4.68 Å². The summed E-state index contributed by atoms with van der Waals surface area (Å²) in [5.41, 5.74) is 1.61. The summed E-state index contributed by atoms with van der Waals surface area (Å²) in [5.74, 6) is 0.692. The van der Waals surface area contributed by atoms with E-state index in [1.807, 2.05) is 66.9 Å². The lowest BCUT2D eigenvalue weighted by Gasteiger charge is -2.15. The number of ether oxygens (including phenoxy) is 1. The van der Waals surface area contributed by atoms with Gasteiger partial charge in [0.1, 0.15) is 24.2 Å². The monoisotopic (exact) mass is 392 g/mol. The van der Waals surface area contributed by atoms with Crippen LogP contribution in [0.1, 0.15) is 5.56 Å². The maximum absolute atomic E-state index is 12.9. The van der Waals surface area contributed by atoms with Crippen LogP contribution in [0, 0.1) is 6.92 Å². The van der Waals surface area contributed by atoms with Crippen molar-refractivity contribution in [3.8, 4) is 16.3 Å². The molecule has 0 aliphatic rings. The lowest BCUT2D eigenvalue weighted by atomic mass is 10.1. The highest BCUT2D eigenvalue weighted by atomic mass is 32.1. The standard InChI is InChI=1S/C22H20N2O3S/c1-15-6-4-7-17(12-15)27-14-16(25)13-24-22(26)19-9-3-2-8-18(19)21(23-24)20-10-5-11-28-20/h2-12,16,25H,13-14H2,1H3. The molecular weight excluding hydrogens is 372 g/mol. The summed E-state index contributed by atoms with van der Waals surface area (Å²) in [7, 11) is 0. The van der Waals surface area contributed by atoms with Gasteiger partial charge in [0.2, 0.25) is 0 Å². The number of fused-ring (bicyclic) bond motifs is 1. The van der Waals surface area contributed by atoms with Crippen LogP contribution in [0.4, 0.5) is 0 Å². The molecule has 0 aliphatic heterocycles. The van der Waals surface area contributed by atoms with Gasteiger partial charge in [-0.25, -0.2) is 4.68 Å². The van der Waals surface area contributed by atoms with Crippen molar-refractivity contribution >= 4 is 22.1 Å². The van der Waals surface area contributed by atoms with Crippen molar-refractivity contribution < 1.29 is 9.84 Å². The molecule has 0 amide bonds. The Kier molecular flexibility index (Phi) is 5.23. The zero-order chi connectivity index (χ0) is 19.5. The highest BCUT2D eigenvalue weighted by Crippen LogP contribution is 2.28. The summed E-state index contributed by atoms with van der Waals surface area (Å²) in [6.45, 7) is 2.13. The van der Waals surface area contributed by atoms with E-state index in [0.29, 0.717) is 11.1 Å². The van der Waals surface area contributed by atoms with Crippen molar-refractivity contribution in [1.29, 1.82) is 0 Å². The predicted octanol–water partition coefficient (Wildman–Crippen LogP) is 3.87. The van der Waals surface area contributed by atoms with Gasteiger partial charge in [0, 0.05) is 5.39 Å². The number of thiophene rings is 1. The molecular formula is C22H20N2O3S. The molecule has 0 saturated carbocycles. The number of hydrogen-bond acceptors (Lipinski definition) is 5. The number of aliphatic hydroxyl groups is 1. The van der Waals surface area contributed by atoms with Crippen LogP contribution in [0.3, 0.4) is 0 Å². The number of benzene rings is 2. The largest absolute Gasteiger partial charge is 0.491 e. The summed E-state index contributed by atoms with van der Waals surface area (Å²) < 4.78 is 6.99. The van der Waals surface area contributed by atoms with E-state index in [2.05, 4.69) is 5.10 Å². The lowest BCUT2D eigenvalue weighted by molar-refractivity contribution is 0.0882. The molecule has 4 rings (SSSR count). The SMILES string of the molecule is Cc1cccc(OCC(O)Cn2nc(-c3cccs3)c3ccccc3c2=O)c1. The average molecular weight is 392 g/mol. The Morgan fingerprint density at radius 1 is 1.11 bits per heavy atom. The molecule has 1 unspecified atom stereocenters. The summed E-state index contributed by atoms with van der Waals surface area (Å²) in [6.07, 6.45) is -0.858. The average Bonchev–Trinajstić information content (AvgIpc) is 3.23. The van der Waals surface area contributed by atoms with Gasteiger partial charge in [-0.15, -0.1) is 11.3 Å². The molecule has 28 heavy (non-hydrogen) atoms. The molecule has 0 fully saturated rings. The quantitative estimate of drug-likeness (QED) is 0.541. The summed E-state index contributed by atoms with van der Waals surface area (Å²) in [4.78, 5) is 13.8. The Hall–Kier alpha value is -2.96. The molecule has 2 heterocycles. The third-order valence-corrected chi connectivity index (χ3v) is 5.31. The van der Waals surface area contributed by atoms with Crippen molar-refractivity contribution in [2.24, 2.45) is 0 Å². The number of aryl methyl sites for hydroxylation is 1. The maximum Gasteiger partial charge on any atom is 0.274 e. The Bertz CT molecular complexity index is 1150. The third kappa shape index (κ3) is 3.83.